The smallest absolute Gasteiger partial charge is 0.265 e. The maximum absolute atomic E-state index is 13.9. The minimum absolute atomic E-state index is 0.113. The number of aromatic amines is 1. The molecule has 1 heterocycles. The van der Waals surface area contributed by atoms with E-state index in [4.69, 9.17) is 10.5 Å². The zero-order chi connectivity index (χ0) is 22.2. The van der Waals surface area contributed by atoms with E-state index in [9.17, 15) is 13.2 Å². The van der Waals surface area contributed by atoms with E-state index < -0.39 is 22.0 Å². The number of H-pyrrole nitrogens is 1. The number of hydrogen-bond donors (Lipinski definition) is 2. The molecular formula is C22H27N3O4S. The summed E-state index contributed by atoms with van der Waals surface area (Å²) in [6, 6.07) is 9.27. The van der Waals surface area contributed by atoms with Crippen LogP contribution in [0.3, 0.4) is 0 Å². The molecule has 30 heavy (non-hydrogen) atoms. The first-order chi connectivity index (χ1) is 14.1. The van der Waals surface area contributed by atoms with Gasteiger partial charge in [-0.1, -0.05) is 13.8 Å². The fourth-order valence-corrected chi connectivity index (χ4v) is 5.75. The van der Waals surface area contributed by atoms with Gasteiger partial charge >= 0.3 is 0 Å². The van der Waals surface area contributed by atoms with E-state index in [0.29, 0.717) is 22.6 Å². The molecule has 0 fully saturated rings. The first kappa shape index (κ1) is 21.7. The second-order valence-corrected chi connectivity index (χ2v) is 9.51. The van der Waals surface area contributed by atoms with Gasteiger partial charge in [-0.3, -0.25) is 9.10 Å². The summed E-state index contributed by atoms with van der Waals surface area (Å²) in [6.07, 6.45) is 1.78. The Labute approximate surface area is 176 Å². The molecule has 0 aliphatic carbocycles. The van der Waals surface area contributed by atoms with Gasteiger partial charge in [0.05, 0.1) is 17.7 Å². The van der Waals surface area contributed by atoms with E-state index in [2.05, 4.69) is 4.98 Å². The number of amides is 1. The number of ether oxygens (including phenoxy) is 1. The molecule has 0 aliphatic heterocycles. The SMILES string of the molecule is COc1cc(C)c(S(=O)(=O)N(c2ccc3[nH]ccc3c2)[C@@H](C(N)=O)C(C)C)cc1C. The lowest BCUT2D eigenvalue weighted by Gasteiger charge is -2.33. The van der Waals surface area contributed by atoms with Gasteiger partial charge in [-0.25, -0.2) is 8.42 Å². The number of hydrogen-bond acceptors (Lipinski definition) is 4. The summed E-state index contributed by atoms with van der Waals surface area (Å²) in [4.78, 5) is 15.6. The molecule has 160 valence electrons. The van der Waals surface area contributed by atoms with Gasteiger partial charge in [-0.05, 0) is 67.3 Å². The number of carbonyl (C=O) groups excluding carboxylic acids is 1. The zero-order valence-corrected chi connectivity index (χ0v) is 18.6. The fraction of sp³-hybridized carbons (Fsp3) is 0.318. The van der Waals surface area contributed by atoms with Crippen LogP contribution in [-0.4, -0.2) is 32.5 Å². The normalized spacial score (nSPS) is 12.9. The van der Waals surface area contributed by atoms with Crippen LogP contribution < -0.4 is 14.8 Å². The van der Waals surface area contributed by atoms with Crippen LogP contribution in [0.1, 0.15) is 25.0 Å². The zero-order valence-electron chi connectivity index (χ0n) is 17.8. The second kappa shape index (κ2) is 8.02. The summed E-state index contributed by atoms with van der Waals surface area (Å²) in [7, 11) is -2.57. The number of carbonyl (C=O) groups is 1. The van der Waals surface area contributed by atoms with Crippen molar-refractivity contribution in [3.8, 4) is 5.75 Å². The number of anilines is 1. The predicted molar refractivity (Wildman–Crippen MR) is 118 cm³/mol. The number of nitrogens with zero attached hydrogens (tertiary/aromatic N) is 1. The van der Waals surface area contributed by atoms with Gasteiger partial charge in [0.2, 0.25) is 5.91 Å². The fourth-order valence-electron chi connectivity index (χ4n) is 3.71. The molecule has 1 aromatic heterocycles. The molecule has 7 nitrogen and oxygen atoms in total. The predicted octanol–water partition coefficient (Wildman–Crippen LogP) is 3.50. The molecule has 3 aromatic rings. The molecule has 0 saturated carbocycles. The molecule has 1 amide bonds. The van der Waals surface area contributed by atoms with E-state index in [0.717, 1.165) is 15.2 Å². The molecule has 0 radical (unpaired) electrons. The lowest BCUT2D eigenvalue weighted by Crippen LogP contribution is -2.51. The summed E-state index contributed by atoms with van der Waals surface area (Å²) < 4.78 is 34.3. The van der Waals surface area contributed by atoms with Gasteiger partial charge in [0, 0.05) is 17.1 Å². The minimum Gasteiger partial charge on any atom is -0.496 e. The molecule has 0 unspecified atom stereocenters. The number of methoxy groups -OCH3 is 1. The van der Waals surface area contributed by atoms with Crippen molar-refractivity contribution in [1.29, 1.82) is 0 Å². The first-order valence-electron chi connectivity index (χ1n) is 9.64. The maximum atomic E-state index is 13.9. The van der Waals surface area contributed by atoms with Crippen molar-refractivity contribution in [1.82, 2.24) is 4.98 Å². The number of nitrogens with one attached hydrogen (secondary N) is 1. The van der Waals surface area contributed by atoms with Gasteiger partial charge in [0.15, 0.2) is 0 Å². The molecule has 1 atom stereocenters. The van der Waals surface area contributed by atoms with Crippen molar-refractivity contribution in [3.05, 3.63) is 53.7 Å². The van der Waals surface area contributed by atoms with Gasteiger partial charge in [0.25, 0.3) is 10.0 Å². The van der Waals surface area contributed by atoms with Gasteiger partial charge in [0.1, 0.15) is 11.8 Å². The van der Waals surface area contributed by atoms with Crippen LogP contribution in [0, 0.1) is 19.8 Å². The summed E-state index contributed by atoms with van der Waals surface area (Å²) >= 11 is 0. The minimum atomic E-state index is -4.11. The number of benzene rings is 2. The van der Waals surface area contributed by atoms with Crippen molar-refractivity contribution < 1.29 is 17.9 Å². The molecule has 0 aliphatic rings. The highest BCUT2D eigenvalue weighted by Crippen LogP contribution is 2.34. The second-order valence-electron chi connectivity index (χ2n) is 7.73. The third-order valence-electron chi connectivity index (χ3n) is 5.20. The highest BCUT2D eigenvalue weighted by molar-refractivity contribution is 7.93. The van der Waals surface area contributed by atoms with Gasteiger partial charge in [-0.15, -0.1) is 0 Å². The van der Waals surface area contributed by atoms with Crippen LogP contribution in [0.4, 0.5) is 5.69 Å². The van der Waals surface area contributed by atoms with Crippen molar-refractivity contribution >= 4 is 32.5 Å². The van der Waals surface area contributed by atoms with Crippen molar-refractivity contribution in [2.45, 2.75) is 38.6 Å². The first-order valence-corrected chi connectivity index (χ1v) is 11.1. The topological polar surface area (TPSA) is 105 Å². The van der Waals surface area contributed by atoms with Crippen molar-refractivity contribution in [2.24, 2.45) is 11.7 Å². The molecule has 3 rings (SSSR count). The Morgan fingerprint density at radius 2 is 1.80 bits per heavy atom. The van der Waals surface area contributed by atoms with Crippen molar-refractivity contribution in [3.63, 3.8) is 0 Å². The van der Waals surface area contributed by atoms with E-state index in [-0.39, 0.29) is 10.8 Å². The molecular weight excluding hydrogens is 402 g/mol. The molecule has 0 bridgehead atoms. The summed E-state index contributed by atoms with van der Waals surface area (Å²) in [5, 5.41) is 0.835. The molecule has 8 heteroatoms. The Balaban J connectivity index is 2.28. The molecule has 0 spiro atoms. The molecule has 0 saturated heterocycles. The van der Waals surface area contributed by atoms with Crippen molar-refractivity contribution in [2.75, 3.05) is 11.4 Å². The van der Waals surface area contributed by atoms with Gasteiger partial charge < -0.3 is 15.5 Å². The number of fused-ring (bicyclic) bond motifs is 1. The van der Waals surface area contributed by atoms with Crippen LogP contribution in [0.5, 0.6) is 5.75 Å². The Morgan fingerprint density at radius 3 is 2.40 bits per heavy atom. The van der Waals surface area contributed by atoms with Crippen LogP contribution in [-0.2, 0) is 14.8 Å². The van der Waals surface area contributed by atoms with Gasteiger partial charge in [-0.2, -0.15) is 0 Å². The average molecular weight is 430 g/mol. The number of sulfonamides is 1. The van der Waals surface area contributed by atoms with Crippen LogP contribution in [0.2, 0.25) is 0 Å². The number of aromatic nitrogens is 1. The lowest BCUT2D eigenvalue weighted by atomic mass is 10.0. The van der Waals surface area contributed by atoms with E-state index >= 15 is 0 Å². The number of primary amides is 1. The summed E-state index contributed by atoms with van der Waals surface area (Å²) in [6.45, 7) is 7.04. The highest BCUT2D eigenvalue weighted by atomic mass is 32.2. The number of nitrogens with two attached hydrogens (primary N) is 1. The Morgan fingerprint density at radius 1 is 1.10 bits per heavy atom. The summed E-state index contributed by atoms with van der Waals surface area (Å²) in [5.41, 5.74) is 8.14. The van der Waals surface area contributed by atoms with E-state index in [1.165, 1.54) is 7.11 Å². The maximum Gasteiger partial charge on any atom is 0.265 e. The Bertz CT molecular complexity index is 1200. The number of aryl methyl sites for hydroxylation is 2. The van der Waals surface area contributed by atoms with Crippen LogP contribution in [0.25, 0.3) is 10.9 Å². The Hall–Kier alpha value is -3.00. The van der Waals surface area contributed by atoms with E-state index in [1.807, 2.05) is 6.07 Å². The third-order valence-corrected chi connectivity index (χ3v) is 7.15. The lowest BCUT2D eigenvalue weighted by molar-refractivity contribution is -0.119. The summed E-state index contributed by atoms with van der Waals surface area (Å²) in [5.74, 6) is -0.438. The Kier molecular flexibility index (Phi) is 5.81. The highest BCUT2D eigenvalue weighted by Gasteiger charge is 2.38. The molecule has 2 aromatic carbocycles. The van der Waals surface area contributed by atoms with Crippen LogP contribution >= 0.6 is 0 Å². The average Bonchev–Trinajstić information content (AvgIpc) is 3.14. The van der Waals surface area contributed by atoms with E-state index in [1.54, 1.807) is 64.2 Å². The van der Waals surface area contributed by atoms with Crippen LogP contribution in [0.15, 0.2) is 47.5 Å². The largest absolute Gasteiger partial charge is 0.496 e. The quantitative estimate of drug-likeness (QED) is 0.599. The monoisotopic (exact) mass is 429 g/mol. The number of rotatable bonds is 7. The standard InChI is InChI=1S/C22H27N3O4S/c1-13(2)21(22(23)26)25(17-6-7-18-16(12-17)8-9-24-18)30(27,28)20-11-14(3)19(29-5)10-15(20)4/h6-13,21,24H,1-5H3,(H2,23,26)/t21-/m1/s1. The molecule has 3 N–H and O–H groups in total. The third kappa shape index (κ3) is 3.75.